The molecule has 0 aromatic heterocycles. The van der Waals surface area contributed by atoms with Crippen LogP contribution in [-0.4, -0.2) is 5.91 Å². The van der Waals surface area contributed by atoms with Crippen LogP contribution in [0.3, 0.4) is 0 Å². The summed E-state index contributed by atoms with van der Waals surface area (Å²) in [5.41, 5.74) is 0.913. The monoisotopic (exact) mass is 341 g/mol. The maximum absolute atomic E-state index is 12.0. The van der Waals surface area contributed by atoms with Gasteiger partial charge in [-0.1, -0.05) is 38.6 Å². The highest BCUT2D eigenvalue weighted by atomic mass is 127. The van der Waals surface area contributed by atoms with E-state index in [2.05, 4.69) is 41.1 Å². The molecule has 0 bridgehead atoms. The van der Waals surface area contributed by atoms with Gasteiger partial charge in [-0.05, 0) is 34.7 Å². The highest BCUT2D eigenvalue weighted by Crippen LogP contribution is 2.27. The van der Waals surface area contributed by atoms with E-state index in [1.54, 1.807) is 6.08 Å². The van der Waals surface area contributed by atoms with Gasteiger partial charge in [0, 0.05) is 14.6 Å². The molecule has 1 N–H and O–H groups in total. The first-order chi connectivity index (χ1) is 7.88. The van der Waals surface area contributed by atoms with E-state index in [0.717, 1.165) is 9.26 Å². The van der Waals surface area contributed by atoms with Crippen LogP contribution in [-0.2, 0) is 4.79 Å². The van der Waals surface area contributed by atoms with Crippen molar-refractivity contribution in [1.29, 1.82) is 0 Å². The van der Waals surface area contributed by atoms with Crippen LogP contribution in [0.4, 0.5) is 5.69 Å². The zero-order chi connectivity index (χ0) is 13.1. The number of halogens is 1. The summed E-state index contributed by atoms with van der Waals surface area (Å²) in [5, 5.41) is 2.86. The highest BCUT2D eigenvalue weighted by Gasteiger charge is 2.23. The topological polar surface area (TPSA) is 29.1 Å². The Hall–Kier alpha value is -1.10. The molecule has 90 valence electrons. The van der Waals surface area contributed by atoms with Gasteiger partial charge in [0.05, 0.1) is 5.69 Å². The van der Waals surface area contributed by atoms with Crippen LogP contribution in [0.2, 0.25) is 0 Å². The maximum Gasteiger partial charge on any atom is 0.251 e. The van der Waals surface area contributed by atoms with Crippen molar-refractivity contribution in [3.8, 4) is 0 Å². The maximum atomic E-state index is 12.0. The minimum absolute atomic E-state index is 0.168. The molecule has 0 aliphatic carbocycles. The van der Waals surface area contributed by atoms with E-state index in [1.165, 1.54) is 0 Å². The minimum atomic E-state index is -0.399. The number of hydrogen-bond acceptors (Lipinski definition) is 1. The van der Waals surface area contributed by atoms with Crippen LogP contribution in [0.5, 0.6) is 0 Å². The van der Waals surface area contributed by atoms with Gasteiger partial charge in [-0.15, -0.1) is 6.58 Å². The van der Waals surface area contributed by atoms with Crippen molar-refractivity contribution in [2.45, 2.75) is 13.8 Å². The summed E-state index contributed by atoms with van der Waals surface area (Å²) in [5.74, 6) is -0.168. The second kappa shape index (κ2) is 5.49. The van der Waals surface area contributed by atoms with Crippen molar-refractivity contribution in [2.75, 3.05) is 5.32 Å². The third-order valence-corrected chi connectivity index (χ3v) is 3.62. The first-order valence-electron chi connectivity index (χ1n) is 5.27. The fourth-order valence-electron chi connectivity index (χ4n) is 1.18. The smallest absolute Gasteiger partial charge is 0.251 e. The number of amides is 1. The van der Waals surface area contributed by atoms with E-state index < -0.39 is 5.41 Å². The van der Waals surface area contributed by atoms with Gasteiger partial charge in [0.25, 0.3) is 5.91 Å². The molecular weight excluding hydrogens is 325 g/mol. The number of rotatable bonds is 4. The number of carbonyl (C=O) groups is 1. The summed E-state index contributed by atoms with van der Waals surface area (Å²) in [6.07, 6.45) is 1.73. The lowest BCUT2D eigenvalue weighted by Crippen LogP contribution is -2.24. The first kappa shape index (κ1) is 14.0. The number of anilines is 1. The predicted molar refractivity (Wildman–Crippen MR) is 80.9 cm³/mol. The Morgan fingerprint density at radius 1 is 1.41 bits per heavy atom. The van der Waals surface area contributed by atoms with Crippen molar-refractivity contribution in [3.05, 3.63) is 52.6 Å². The Bertz CT molecular complexity index is 463. The highest BCUT2D eigenvalue weighted by molar-refractivity contribution is 14.1. The molecule has 1 aromatic rings. The number of allylic oxidation sites excluding steroid dienone is 1. The second-order valence-corrected chi connectivity index (χ2v) is 5.50. The SMILES string of the molecule is C=CC(C)(C)C(=C)C(=O)Nc1ccccc1I. The summed E-state index contributed by atoms with van der Waals surface area (Å²) < 4.78 is 1.00. The van der Waals surface area contributed by atoms with Crippen LogP contribution >= 0.6 is 22.6 Å². The standard InChI is InChI=1S/C14H16INO/c1-5-14(3,4)10(2)13(17)16-12-9-7-6-8-11(12)15/h5-9H,1-2H2,3-4H3,(H,16,17). The molecule has 0 spiro atoms. The van der Waals surface area contributed by atoms with Crippen molar-refractivity contribution in [3.63, 3.8) is 0 Å². The zero-order valence-electron chi connectivity index (χ0n) is 10.1. The molecule has 0 radical (unpaired) electrons. The molecule has 1 amide bonds. The van der Waals surface area contributed by atoms with E-state index in [9.17, 15) is 4.79 Å². The fourth-order valence-corrected chi connectivity index (χ4v) is 1.70. The Balaban J connectivity index is 2.84. The summed E-state index contributed by atoms with van der Waals surface area (Å²) in [6, 6.07) is 7.63. The third kappa shape index (κ3) is 3.43. The molecule has 0 saturated carbocycles. The quantitative estimate of drug-likeness (QED) is 0.501. The van der Waals surface area contributed by atoms with Crippen molar-refractivity contribution in [2.24, 2.45) is 5.41 Å². The molecule has 1 rings (SSSR count). The summed E-state index contributed by atoms with van der Waals surface area (Å²) in [6.45, 7) is 11.4. The van der Waals surface area contributed by atoms with E-state index in [0.29, 0.717) is 5.57 Å². The molecule has 3 heteroatoms. The van der Waals surface area contributed by atoms with E-state index in [4.69, 9.17) is 0 Å². The lowest BCUT2D eigenvalue weighted by Gasteiger charge is -2.22. The Labute approximate surface area is 116 Å². The Morgan fingerprint density at radius 3 is 2.53 bits per heavy atom. The summed E-state index contributed by atoms with van der Waals surface area (Å²) in [4.78, 5) is 12.0. The molecule has 0 heterocycles. The van der Waals surface area contributed by atoms with E-state index in [1.807, 2.05) is 38.1 Å². The zero-order valence-corrected chi connectivity index (χ0v) is 12.2. The van der Waals surface area contributed by atoms with Crippen molar-refractivity contribution >= 4 is 34.2 Å². The number of carbonyl (C=O) groups excluding carboxylic acids is 1. The number of nitrogens with one attached hydrogen (secondary N) is 1. The molecule has 0 saturated heterocycles. The molecule has 1 aromatic carbocycles. The molecule has 0 atom stereocenters. The van der Waals surface area contributed by atoms with Crippen molar-refractivity contribution in [1.82, 2.24) is 0 Å². The fraction of sp³-hybridized carbons (Fsp3) is 0.214. The molecule has 0 aliphatic rings. The second-order valence-electron chi connectivity index (χ2n) is 4.34. The van der Waals surface area contributed by atoms with E-state index >= 15 is 0 Å². The van der Waals surface area contributed by atoms with Crippen LogP contribution < -0.4 is 5.32 Å². The van der Waals surface area contributed by atoms with Gasteiger partial charge >= 0.3 is 0 Å². The molecule has 0 aliphatic heterocycles. The van der Waals surface area contributed by atoms with Crippen LogP contribution in [0.15, 0.2) is 49.1 Å². The molecular formula is C14H16INO. The van der Waals surface area contributed by atoms with Gasteiger partial charge in [0.15, 0.2) is 0 Å². The Kier molecular flexibility index (Phi) is 4.51. The number of hydrogen-bond donors (Lipinski definition) is 1. The Morgan fingerprint density at radius 2 is 2.00 bits per heavy atom. The van der Waals surface area contributed by atoms with Gasteiger partial charge < -0.3 is 5.32 Å². The molecule has 2 nitrogen and oxygen atoms in total. The van der Waals surface area contributed by atoms with Crippen LogP contribution in [0.25, 0.3) is 0 Å². The van der Waals surface area contributed by atoms with Gasteiger partial charge in [0.2, 0.25) is 0 Å². The average Bonchev–Trinajstić information content (AvgIpc) is 2.31. The van der Waals surface area contributed by atoms with Crippen molar-refractivity contribution < 1.29 is 4.79 Å². The lowest BCUT2D eigenvalue weighted by atomic mass is 9.85. The molecule has 17 heavy (non-hydrogen) atoms. The third-order valence-electron chi connectivity index (χ3n) is 2.68. The minimum Gasteiger partial charge on any atom is -0.321 e. The van der Waals surface area contributed by atoms with Crippen LogP contribution in [0, 0.1) is 8.99 Å². The van der Waals surface area contributed by atoms with Gasteiger partial charge in [-0.2, -0.15) is 0 Å². The average molecular weight is 341 g/mol. The molecule has 0 fully saturated rings. The normalized spacial score (nSPS) is 10.8. The van der Waals surface area contributed by atoms with Gasteiger partial charge in [0.1, 0.15) is 0 Å². The number of para-hydroxylation sites is 1. The molecule has 0 unspecified atom stereocenters. The van der Waals surface area contributed by atoms with E-state index in [-0.39, 0.29) is 5.91 Å². The summed E-state index contributed by atoms with van der Waals surface area (Å²) >= 11 is 2.18. The summed E-state index contributed by atoms with van der Waals surface area (Å²) in [7, 11) is 0. The lowest BCUT2D eigenvalue weighted by molar-refractivity contribution is -0.113. The number of benzene rings is 1. The largest absolute Gasteiger partial charge is 0.321 e. The first-order valence-corrected chi connectivity index (χ1v) is 6.35. The van der Waals surface area contributed by atoms with Gasteiger partial charge in [-0.3, -0.25) is 4.79 Å². The predicted octanol–water partition coefficient (Wildman–Crippen LogP) is 4.00. The van der Waals surface area contributed by atoms with Crippen LogP contribution in [0.1, 0.15) is 13.8 Å². The van der Waals surface area contributed by atoms with Gasteiger partial charge in [-0.25, -0.2) is 0 Å².